The summed E-state index contributed by atoms with van der Waals surface area (Å²) in [5, 5.41) is 5.60. The van der Waals surface area contributed by atoms with Gasteiger partial charge in [-0.05, 0) is 36.8 Å². The van der Waals surface area contributed by atoms with Gasteiger partial charge in [0.1, 0.15) is 5.70 Å². The van der Waals surface area contributed by atoms with Gasteiger partial charge in [0.2, 0.25) is 0 Å². The SMILES string of the molecule is Cn1cccc1/C=C(/NC(=O)c1ccccc1)C(=O)NCCCn1ccnc1. The van der Waals surface area contributed by atoms with Gasteiger partial charge in [0.25, 0.3) is 11.8 Å². The molecule has 7 nitrogen and oxygen atoms in total. The number of nitrogens with zero attached hydrogens (tertiary/aromatic N) is 3. The highest BCUT2D eigenvalue weighted by Gasteiger charge is 2.14. The molecule has 2 aromatic heterocycles. The van der Waals surface area contributed by atoms with Crippen LogP contribution in [0.15, 0.2) is 73.1 Å². The molecule has 2 heterocycles. The van der Waals surface area contributed by atoms with Crippen LogP contribution in [-0.2, 0) is 18.4 Å². The Morgan fingerprint density at radius 2 is 1.93 bits per heavy atom. The zero-order chi connectivity index (χ0) is 19.8. The highest BCUT2D eigenvalue weighted by Crippen LogP contribution is 2.08. The van der Waals surface area contributed by atoms with Gasteiger partial charge < -0.3 is 19.8 Å². The summed E-state index contributed by atoms with van der Waals surface area (Å²) in [5.74, 6) is -0.647. The van der Waals surface area contributed by atoms with E-state index in [1.807, 2.05) is 46.8 Å². The van der Waals surface area contributed by atoms with E-state index in [4.69, 9.17) is 0 Å². The molecule has 0 saturated carbocycles. The zero-order valence-corrected chi connectivity index (χ0v) is 15.7. The zero-order valence-electron chi connectivity index (χ0n) is 15.7. The third-order valence-electron chi connectivity index (χ3n) is 4.24. The number of nitrogens with one attached hydrogen (secondary N) is 2. The molecule has 0 aliphatic carbocycles. The maximum atomic E-state index is 12.7. The standard InChI is InChI=1S/C21H23N5O2/c1-25-12-5-9-18(25)15-19(24-20(27)17-7-3-2-4-8-17)21(28)23-10-6-13-26-14-11-22-16-26/h2-5,7-9,11-12,14-16H,6,10,13H2,1H3,(H,23,28)(H,24,27)/b19-15+. The van der Waals surface area contributed by atoms with Gasteiger partial charge in [0, 0.05) is 50.0 Å². The second-order valence-corrected chi connectivity index (χ2v) is 6.33. The van der Waals surface area contributed by atoms with E-state index in [0.29, 0.717) is 12.1 Å². The molecule has 0 aliphatic heterocycles. The first-order chi connectivity index (χ1) is 13.6. The molecule has 0 fully saturated rings. The van der Waals surface area contributed by atoms with E-state index in [1.54, 1.807) is 42.9 Å². The Morgan fingerprint density at radius 3 is 2.61 bits per heavy atom. The third kappa shape index (κ3) is 5.20. The van der Waals surface area contributed by atoms with E-state index in [2.05, 4.69) is 15.6 Å². The second kappa shape index (κ2) is 9.36. The molecule has 3 aromatic rings. The minimum Gasteiger partial charge on any atom is -0.351 e. The average Bonchev–Trinajstić information content (AvgIpc) is 3.37. The first kappa shape index (κ1) is 19.2. The van der Waals surface area contributed by atoms with Crippen LogP contribution in [0.25, 0.3) is 6.08 Å². The topological polar surface area (TPSA) is 81.0 Å². The second-order valence-electron chi connectivity index (χ2n) is 6.33. The van der Waals surface area contributed by atoms with Crippen molar-refractivity contribution in [3.05, 3.63) is 84.3 Å². The monoisotopic (exact) mass is 377 g/mol. The summed E-state index contributed by atoms with van der Waals surface area (Å²) < 4.78 is 3.82. The fourth-order valence-corrected chi connectivity index (χ4v) is 2.69. The molecule has 3 rings (SSSR count). The fraction of sp³-hybridized carbons (Fsp3) is 0.190. The molecular formula is C21H23N5O2. The molecule has 1 aromatic carbocycles. The van der Waals surface area contributed by atoms with Crippen LogP contribution in [0.1, 0.15) is 22.5 Å². The van der Waals surface area contributed by atoms with Crippen molar-refractivity contribution in [1.29, 1.82) is 0 Å². The minimum atomic E-state index is -0.324. The maximum Gasteiger partial charge on any atom is 0.267 e. The molecular weight excluding hydrogens is 354 g/mol. The quantitative estimate of drug-likeness (QED) is 0.466. The molecule has 144 valence electrons. The average molecular weight is 377 g/mol. The lowest BCUT2D eigenvalue weighted by molar-refractivity contribution is -0.117. The summed E-state index contributed by atoms with van der Waals surface area (Å²) in [6.45, 7) is 1.25. The summed E-state index contributed by atoms with van der Waals surface area (Å²) in [5.41, 5.74) is 1.52. The number of benzene rings is 1. The number of hydrogen-bond donors (Lipinski definition) is 2. The molecule has 2 N–H and O–H groups in total. The largest absolute Gasteiger partial charge is 0.351 e. The van der Waals surface area contributed by atoms with Crippen LogP contribution in [-0.4, -0.2) is 32.5 Å². The Balaban J connectivity index is 1.66. The van der Waals surface area contributed by atoms with Crippen LogP contribution in [0.3, 0.4) is 0 Å². The highest BCUT2D eigenvalue weighted by molar-refractivity contribution is 6.05. The Morgan fingerprint density at radius 1 is 1.11 bits per heavy atom. The predicted molar refractivity (Wildman–Crippen MR) is 107 cm³/mol. The van der Waals surface area contributed by atoms with Gasteiger partial charge in [0.05, 0.1) is 6.33 Å². The van der Waals surface area contributed by atoms with Crippen molar-refractivity contribution < 1.29 is 9.59 Å². The predicted octanol–water partition coefficient (Wildman–Crippen LogP) is 2.20. The lowest BCUT2D eigenvalue weighted by Crippen LogP contribution is -2.35. The van der Waals surface area contributed by atoms with Crippen molar-refractivity contribution >= 4 is 17.9 Å². The van der Waals surface area contributed by atoms with E-state index in [1.165, 1.54) is 0 Å². The number of carbonyl (C=O) groups excluding carboxylic acids is 2. The highest BCUT2D eigenvalue weighted by atomic mass is 16.2. The lowest BCUT2D eigenvalue weighted by atomic mass is 10.2. The van der Waals surface area contributed by atoms with Crippen molar-refractivity contribution in [3.63, 3.8) is 0 Å². The van der Waals surface area contributed by atoms with Crippen LogP contribution in [0.4, 0.5) is 0 Å². The Kier molecular flexibility index (Phi) is 6.41. The third-order valence-corrected chi connectivity index (χ3v) is 4.24. The van der Waals surface area contributed by atoms with E-state index < -0.39 is 0 Å². The van der Waals surface area contributed by atoms with Gasteiger partial charge in [-0.3, -0.25) is 9.59 Å². The Bertz CT molecular complexity index is 942. The maximum absolute atomic E-state index is 12.7. The molecule has 0 bridgehead atoms. The number of rotatable bonds is 8. The van der Waals surface area contributed by atoms with Crippen molar-refractivity contribution in [3.8, 4) is 0 Å². The van der Waals surface area contributed by atoms with Gasteiger partial charge in [-0.25, -0.2) is 4.98 Å². The van der Waals surface area contributed by atoms with Crippen LogP contribution in [0.5, 0.6) is 0 Å². The smallest absolute Gasteiger partial charge is 0.267 e. The van der Waals surface area contributed by atoms with Gasteiger partial charge in [-0.15, -0.1) is 0 Å². The Labute approximate surface area is 163 Å². The van der Waals surface area contributed by atoms with Crippen molar-refractivity contribution in [2.45, 2.75) is 13.0 Å². The van der Waals surface area contributed by atoms with Gasteiger partial charge in [0.15, 0.2) is 0 Å². The van der Waals surface area contributed by atoms with E-state index >= 15 is 0 Å². The van der Waals surface area contributed by atoms with Gasteiger partial charge in [-0.1, -0.05) is 18.2 Å². The lowest BCUT2D eigenvalue weighted by Gasteiger charge is -2.12. The number of carbonyl (C=O) groups is 2. The Hall–Kier alpha value is -3.61. The first-order valence-corrected chi connectivity index (χ1v) is 9.07. The van der Waals surface area contributed by atoms with E-state index in [-0.39, 0.29) is 17.5 Å². The summed E-state index contributed by atoms with van der Waals surface area (Å²) in [7, 11) is 1.88. The summed E-state index contributed by atoms with van der Waals surface area (Å²) in [6, 6.07) is 12.6. The fourth-order valence-electron chi connectivity index (χ4n) is 2.69. The number of aromatic nitrogens is 3. The molecule has 0 saturated heterocycles. The number of imidazole rings is 1. The first-order valence-electron chi connectivity index (χ1n) is 9.07. The van der Waals surface area contributed by atoms with Crippen molar-refractivity contribution in [2.24, 2.45) is 7.05 Å². The van der Waals surface area contributed by atoms with Crippen molar-refractivity contribution in [1.82, 2.24) is 24.8 Å². The molecule has 0 unspecified atom stereocenters. The molecule has 28 heavy (non-hydrogen) atoms. The van der Waals surface area contributed by atoms with Gasteiger partial charge >= 0.3 is 0 Å². The summed E-state index contributed by atoms with van der Waals surface area (Å²) >= 11 is 0. The van der Waals surface area contributed by atoms with E-state index in [9.17, 15) is 9.59 Å². The molecule has 0 aliphatic rings. The van der Waals surface area contributed by atoms with Crippen LogP contribution < -0.4 is 10.6 Å². The molecule has 7 heteroatoms. The van der Waals surface area contributed by atoms with Crippen LogP contribution >= 0.6 is 0 Å². The van der Waals surface area contributed by atoms with Gasteiger partial charge in [-0.2, -0.15) is 0 Å². The van der Waals surface area contributed by atoms with Crippen LogP contribution in [0, 0.1) is 0 Å². The van der Waals surface area contributed by atoms with Crippen molar-refractivity contribution in [2.75, 3.05) is 6.54 Å². The molecule has 0 radical (unpaired) electrons. The normalized spacial score (nSPS) is 11.2. The van der Waals surface area contributed by atoms with E-state index in [0.717, 1.165) is 18.7 Å². The number of hydrogen-bond acceptors (Lipinski definition) is 3. The summed E-state index contributed by atoms with van der Waals surface area (Å²) in [4.78, 5) is 29.2. The molecule has 0 atom stereocenters. The summed E-state index contributed by atoms with van der Waals surface area (Å²) in [6.07, 6.45) is 9.65. The minimum absolute atomic E-state index is 0.207. The number of amides is 2. The van der Waals surface area contributed by atoms with Crippen LogP contribution in [0.2, 0.25) is 0 Å². The molecule has 0 spiro atoms. The molecule has 2 amide bonds. The number of aryl methyl sites for hydroxylation is 2.